The molecule has 0 saturated carbocycles. The lowest BCUT2D eigenvalue weighted by molar-refractivity contribution is 0.598. The molecule has 0 aliphatic heterocycles. The van der Waals surface area contributed by atoms with E-state index in [0.29, 0.717) is 0 Å². The van der Waals surface area contributed by atoms with E-state index in [1.165, 1.54) is 31.4 Å². The predicted octanol–water partition coefficient (Wildman–Crippen LogP) is 2.33. The van der Waals surface area contributed by atoms with Crippen LogP contribution in [0, 0.1) is 0 Å². The van der Waals surface area contributed by atoms with E-state index in [4.69, 9.17) is 5.14 Å². The molecule has 0 fully saturated rings. The minimum absolute atomic E-state index is 0.147. The van der Waals surface area contributed by atoms with Crippen molar-refractivity contribution in [2.45, 2.75) is 37.5 Å². The molecule has 4 nitrogen and oxygen atoms in total. The molecule has 0 aromatic heterocycles. The summed E-state index contributed by atoms with van der Waals surface area (Å²) in [6.07, 6.45) is 4.83. The second-order valence-corrected chi connectivity index (χ2v) is 5.62. The van der Waals surface area contributed by atoms with Gasteiger partial charge in [0.15, 0.2) is 0 Å². The van der Waals surface area contributed by atoms with Gasteiger partial charge in [-0.2, -0.15) is 0 Å². The van der Waals surface area contributed by atoms with Gasteiger partial charge in [0.2, 0.25) is 10.0 Å². The average molecular weight is 256 g/mol. The lowest BCUT2D eigenvalue weighted by Crippen LogP contribution is -2.12. The molecule has 1 aromatic carbocycles. The fraction of sp³-hybridized carbons (Fsp3) is 0.500. The fourth-order valence-electron chi connectivity index (χ4n) is 1.55. The minimum Gasteiger partial charge on any atom is -0.385 e. The van der Waals surface area contributed by atoms with Crippen molar-refractivity contribution in [2.24, 2.45) is 5.14 Å². The van der Waals surface area contributed by atoms with Crippen LogP contribution < -0.4 is 10.5 Å². The largest absolute Gasteiger partial charge is 0.385 e. The van der Waals surface area contributed by atoms with Crippen molar-refractivity contribution in [3.8, 4) is 0 Å². The van der Waals surface area contributed by atoms with Crippen molar-refractivity contribution in [2.75, 3.05) is 11.9 Å². The number of anilines is 1. The van der Waals surface area contributed by atoms with Crippen LogP contribution >= 0.6 is 0 Å². The standard InChI is InChI=1S/C12H20N2O2S/c1-2-3-4-5-10-14-11-6-8-12(9-7-11)17(13,15)16/h6-9,14H,2-5,10H2,1H3,(H2,13,15,16). The van der Waals surface area contributed by atoms with Gasteiger partial charge in [0.25, 0.3) is 0 Å². The lowest BCUT2D eigenvalue weighted by Gasteiger charge is -2.06. The van der Waals surface area contributed by atoms with Crippen LogP contribution in [0.1, 0.15) is 32.6 Å². The summed E-state index contributed by atoms with van der Waals surface area (Å²) >= 11 is 0. The van der Waals surface area contributed by atoms with Crippen molar-refractivity contribution in [1.82, 2.24) is 0 Å². The summed E-state index contributed by atoms with van der Waals surface area (Å²) in [4.78, 5) is 0.147. The Hall–Kier alpha value is -1.07. The zero-order chi connectivity index (χ0) is 12.7. The Morgan fingerprint density at radius 2 is 1.76 bits per heavy atom. The van der Waals surface area contributed by atoms with Crippen molar-refractivity contribution in [3.05, 3.63) is 24.3 Å². The number of sulfonamides is 1. The van der Waals surface area contributed by atoms with Crippen molar-refractivity contribution in [3.63, 3.8) is 0 Å². The Bertz CT molecular complexity index is 426. The summed E-state index contributed by atoms with van der Waals surface area (Å²) < 4.78 is 22.1. The van der Waals surface area contributed by atoms with Crippen molar-refractivity contribution < 1.29 is 8.42 Å². The maximum Gasteiger partial charge on any atom is 0.238 e. The minimum atomic E-state index is -3.58. The molecular weight excluding hydrogens is 236 g/mol. The maximum atomic E-state index is 11.0. The van der Waals surface area contributed by atoms with Gasteiger partial charge in [0, 0.05) is 12.2 Å². The Balaban J connectivity index is 2.41. The number of primary sulfonamides is 1. The number of hydrogen-bond acceptors (Lipinski definition) is 3. The quantitative estimate of drug-likeness (QED) is 0.735. The average Bonchev–Trinajstić information content (AvgIpc) is 2.28. The summed E-state index contributed by atoms with van der Waals surface area (Å²) in [6.45, 7) is 3.09. The molecule has 0 aliphatic carbocycles. The normalized spacial score (nSPS) is 11.4. The Labute approximate surface area is 103 Å². The third-order valence-corrected chi connectivity index (χ3v) is 3.47. The highest BCUT2D eigenvalue weighted by molar-refractivity contribution is 7.89. The first kappa shape index (κ1) is 14.0. The molecular formula is C12H20N2O2S. The van der Waals surface area contributed by atoms with Gasteiger partial charge in [-0.05, 0) is 30.7 Å². The SMILES string of the molecule is CCCCCCNc1ccc(S(N)(=O)=O)cc1. The molecule has 0 atom stereocenters. The van der Waals surface area contributed by atoms with E-state index < -0.39 is 10.0 Å². The van der Waals surface area contributed by atoms with Gasteiger partial charge < -0.3 is 5.32 Å². The summed E-state index contributed by atoms with van der Waals surface area (Å²) in [5.41, 5.74) is 0.925. The Morgan fingerprint density at radius 1 is 1.12 bits per heavy atom. The van der Waals surface area contributed by atoms with Crippen LogP contribution in [0.5, 0.6) is 0 Å². The highest BCUT2D eigenvalue weighted by atomic mass is 32.2. The zero-order valence-corrected chi connectivity index (χ0v) is 11.0. The summed E-state index contributed by atoms with van der Waals surface area (Å²) in [7, 11) is -3.58. The molecule has 0 unspecified atom stereocenters. The molecule has 1 aromatic rings. The first-order valence-corrected chi connectivity index (χ1v) is 7.45. The molecule has 1 rings (SSSR count). The molecule has 5 heteroatoms. The fourth-order valence-corrected chi connectivity index (χ4v) is 2.06. The van der Waals surface area contributed by atoms with Gasteiger partial charge in [-0.25, -0.2) is 13.6 Å². The van der Waals surface area contributed by atoms with Gasteiger partial charge in [0.05, 0.1) is 4.90 Å². The first-order valence-electron chi connectivity index (χ1n) is 5.91. The van der Waals surface area contributed by atoms with Gasteiger partial charge >= 0.3 is 0 Å². The van der Waals surface area contributed by atoms with Crippen LogP contribution in [0.25, 0.3) is 0 Å². The number of unbranched alkanes of at least 4 members (excludes halogenated alkanes) is 3. The van der Waals surface area contributed by atoms with Crippen molar-refractivity contribution >= 4 is 15.7 Å². The predicted molar refractivity (Wildman–Crippen MR) is 70.4 cm³/mol. The number of nitrogens with two attached hydrogens (primary N) is 1. The second-order valence-electron chi connectivity index (χ2n) is 4.06. The molecule has 0 bridgehead atoms. The van der Waals surface area contributed by atoms with Crippen molar-refractivity contribution in [1.29, 1.82) is 0 Å². The molecule has 3 N–H and O–H groups in total. The van der Waals surface area contributed by atoms with Crippen LogP contribution in [0.15, 0.2) is 29.2 Å². The van der Waals surface area contributed by atoms with Crippen LogP contribution in [0.4, 0.5) is 5.69 Å². The second kappa shape index (κ2) is 6.61. The summed E-state index contributed by atoms with van der Waals surface area (Å²) in [5.74, 6) is 0. The van der Waals surface area contributed by atoms with Crippen LogP contribution in [-0.2, 0) is 10.0 Å². The molecule has 96 valence electrons. The van der Waals surface area contributed by atoms with E-state index in [2.05, 4.69) is 12.2 Å². The smallest absolute Gasteiger partial charge is 0.238 e. The van der Waals surface area contributed by atoms with Crippen LogP contribution in [0.3, 0.4) is 0 Å². The zero-order valence-electron chi connectivity index (χ0n) is 10.1. The van der Waals surface area contributed by atoms with E-state index >= 15 is 0 Å². The number of benzene rings is 1. The van der Waals surface area contributed by atoms with Gasteiger partial charge in [-0.1, -0.05) is 26.2 Å². The Kier molecular flexibility index (Phi) is 5.44. The van der Waals surface area contributed by atoms with E-state index in [-0.39, 0.29) is 4.90 Å². The van der Waals surface area contributed by atoms with Gasteiger partial charge in [-0.15, -0.1) is 0 Å². The molecule has 0 saturated heterocycles. The maximum absolute atomic E-state index is 11.0. The third-order valence-electron chi connectivity index (χ3n) is 2.54. The van der Waals surface area contributed by atoms with E-state index in [0.717, 1.165) is 18.7 Å². The third kappa shape index (κ3) is 5.19. The monoisotopic (exact) mass is 256 g/mol. The van der Waals surface area contributed by atoms with Crippen LogP contribution in [-0.4, -0.2) is 15.0 Å². The highest BCUT2D eigenvalue weighted by Gasteiger charge is 2.06. The summed E-state index contributed by atoms with van der Waals surface area (Å²) in [5, 5.41) is 8.26. The molecule has 0 spiro atoms. The topological polar surface area (TPSA) is 72.2 Å². The number of hydrogen-bond donors (Lipinski definition) is 2. The lowest BCUT2D eigenvalue weighted by atomic mass is 10.2. The molecule has 0 amide bonds. The molecule has 17 heavy (non-hydrogen) atoms. The molecule has 0 heterocycles. The van der Waals surface area contributed by atoms with E-state index in [9.17, 15) is 8.42 Å². The first-order chi connectivity index (χ1) is 8.04. The van der Waals surface area contributed by atoms with Gasteiger partial charge in [-0.3, -0.25) is 0 Å². The van der Waals surface area contributed by atoms with E-state index in [1.54, 1.807) is 12.1 Å². The molecule has 0 radical (unpaired) electrons. The van der Waals surface area contributed by atoms with E-state index in [1.807, 2.05) is 0 Å². The highest BCUT2D eigenvalue weighted by Crippen LogP contribution is 2.12. The number of nitrogens with one attached hydrogen (secondary N) is 1. The summed E-state index contributed by atoms with van der Waals surface area (Å²) in [6, 6.07) is 6.51. The molecule has 0 aliphatic rings. The Morgan fingerprint density at radius 3 is 2.29 bits per heavy atom. The number of rotatable bonds is 7. The van der Waals surface area contributed by atoms with Crippen LogP contribution in [0.2, 0.25) is 0 Å². The van der Waals surface area contributed by atoms with Gasteiger partial charge in [0.1, 0.15) is 0 Å².